The number of piperidine rings is 1. The van der Waals surface area contributed by atoms with Crippen molar-refractivity contribution in [3.05, 3.63) is 30.1 Å². The summed E-state index contributed by atoms with van der Waals surface area (Å²) in [6.45, 7) is 4.34. The molecule has 27 heavy (non-hydrogen) atoms. The number of hydrogen-bond donors (Lipinski definition) is 2. The van der Waals surface area contributed by atoms with Crippen LogP contribution in [0.2, 0.25) is 0 Å². The molecule has 0 bridgehead atoms. The number of sulfone groups is 1. The second-order valence-electron chi connectivity index (χ2n) is 7.04. The summed E-state index contributed by atoms with van der Waals surface area (Å²) in [5, 5.41) is 6.18. The molecule has 154 valence electrons. The van der Waals surface area contributed by atoms with Gasteiger partial charge in [0.1, 0.15) is 5.82 Å². The average Bonchev–Trinajstić information content (AvgIpc) is 2.61. The van der Waals surface area contributed by atoms with Crippen LogP contribution in [0.25, 0.3) is 0 Å². The highest BCUT2D eigenvalue weighted by molar-refractivity contribution is 7.91. The minimum Gasteiger partial charge on any atom is -0.384 e. The first-order valence-corrected chi connectivity index (χ1v) is 10.4. The summed E-state index contributed by atoms with van der Waals surface area (Å²) in [6, 6.07) is 4.64. The Labute approximate surface area is 166 Å². The number of ether oxygens (including phenoxy) is 1. The van der Waals surface area contributed by atoms with Gasteiger partial charge in [-0.25, -0.2) is 12.8 Å². The molecule has 0 aliphatic carbocycles. The summed E-state index contributed by atoms with van der Waals surface area (Å²) in [4.78, 5) is 12.4. The molecule has 1 amide bonds. The number of rotatable bonds is 8. The van der Waals surface area contributed by atoms with Gasteiger partial charge in [-0.1, -0.05) is 6.92 Å². The molecule has 1 aromatic carbocycles. The quantitative estimate of drug-likeness (QED) is 0.624. The van der Waals surface area contributed by atoms with E-state index in [0.717, 1.165) is 38.1 Å². The van der Waals surface area contributed by atoms with Crippen LogP contribution in [-0.2, 0) is 19.4 Å². The second-order valence-corrected chi connectivity index (χ2v) is 9.07. The lowest BCUT2D eigenvalue weighted by atomic mass is 9.79. The van der Waals surface area contributed by atoms with Gasteiger partial charge in [0.15, 0.2) is 9.84 Å². The van der Waals surface area contributed by atoms with E-state index in [9.17, 15) is 17.6 Å². The van der Waals surface area contributed by atoms with Gasteiger partial charge in [-0.05, 0) is 50.2 Å². The van der Waals surface area contributed by atoms with E-state index < -0.39 is 21.6 Å². The third-order valence-corrected chi connectivity index (χ3v) is 6.77. The normalized spacial score (nSPS) is 17.6. The van der Waals surface area contributed by atoms with E-state index in [-0.39, 0.29) is 34.4 Å². The van der Waals surface area contributed by atoms with Crippen molar-refractivity contribution in [1.82, 2.24) is 10.6 Å². The van der Waals surface area contributed by atoms with Crippen LogP contribution in [0.5, 0.6) is 0 Å². The Hall–Kier alpha value is -1.22. The SMILES string of the molecule is COCC1(CNC(=O)C(C)CS(=O)(=O)c2ccc(F)cc2)CCNCC1.Cl. The van der Waals surface area contributed by atoms with Crippen molar-refractivity contribution in [3.63, 3.8) is 0 Å². The zero-order valence-corrected chi connectivity index (χ0v) is 17.3. The highest BCUT2D eigenvalue weighted by Crippen LogP contribution is 2.28. The molecule has 1 aliphatic rings. The van der Waals surface area contributed by atoms with E-state index >= 15 is 0 Å². The first-order valence-electron chi connectivity index (χ1n) is 8.74. The van der Waals surface area contributed by atoms with Gasteiger partial charge in [0, 0.05) is 25.0 Å². The van der Waals surface area contributed by atoms with Crippen molar-refractivity contribution >= 4 is 28.2 Å². The molecule has 1 unspecified atom stereocenters. The Morgan fingerprint density at radius 3 is 2.44 bits per heavy atom. The number of hydrogen-bond acceptors (Lipinski definition) is 5. The summed E-state index contributed by atoms with van der Waals surface area (Å²) in [6.07, 6.45) is 1.78. The number of halogens is 2. The number of methoxy groups -OCH3 is 1. The molecule has 0 spiro atoms. The van der Waals surface area contributed by atoms with Crippen LogP contribution < -0.4 is 10.6 Å². The smallest absolute Gasteiger partial charge is 0.223 e. The molecular weight excluding hydrogens is 395 g/mol. The lowest BCUT2D eigenvalue weighted by Crippen LogP contribution is -2.48. The van der Waals surface area contributed by atoms with Gasteiger partial charge in [-0.2, -0.15) is 0 Å². The van der Waals surface area contributed by atoms with Gasteiger partial charge in [0.05, 0.1) is 17.3 Å². The third-order valence-electron chi connectivity index (χ3n) is 4.84. The predicted molar refractivity (Wildman–Crippen MR) is 104 cm³/mol. The van der Waals surface area contributed by atoms with Crippen molar-refractivity contribution in [2.45, 2.75) is 24.7 Å². The molecular formula is C18H28ClFN2O4S. The lowest BCUT2D eigenvalue weighted by molar-refractivity contribution is -0.124. The number of nitrogens with one attached hydrogen (secondary N) is 2. The van der Waals surface area contributed by atoms with Crippen molar-refractivity contribution in [2.24, 2.45) is 11.3 Å². The first-order chi connectivity index (χ1) is 12.3. The Morgan fingerprint density at radius 2 is 1.89 bits per heavy atom. The van der Waals surface area contributed by atoms with E-state index in [1.165, 1.54) is 12.1 Å². The van der Waals surface area contributed by atoms with Gasteiger partial charge in [-0.3, -0.25) is 4.79 Å². The predicted octanol–water partition coefficient (Wildman–Crippen LogP) is 1.79. The maximum Gasteiger partial charge on any atom is 0.223 e. The Bertz CT molecular complexity index is 701. The van der Waals surface area contributed by atoms with E-state index in [2.05, 4.69) is 10.6 Å². The van der Waals surface area contributed by atoms with E-state index in [0.29, 0.717) is 13.2 Å². The summed E-state index contributed by atoms with van der Waals surface area (Å²) in [5.74, 6) is -1.82. The number of amides is 1. The highest BCUT2D eigenvalue weighted by Gasteiger charge is 2.33. The van der Waals surface area contributed by atoms with Crippen LogP contribution in [0.3, 0.4) is 0 Å². The summed E-state index contributed by atoms with van der Waals surface area (Å²) in [5.41, 5.74) is -0.120. The third kappa shape index (κ3) is 6.71. The second kappa shape index (κ2) is 10.4. The molecule has 2 rings (SSSR count). The molecule has 6 nitrogen and oxygen atoms in total. The average molecular weight is 423 g/mol. The molecule has 1 heterocycles. The fourth-order valence-electron chi connectivity index (χ4n) is 3.23. The van der Waals surface area contributed by atoms with E-state index in [1.54, 1.807) is 14.0 Å². The summed E-state index contributed by atoms with van der Waals surface area (Å²) < 4.78 is 43.1. The van der Waals surface area contributed by atoms with Gasteiger partial charge in [0.25, 0.3) is 0 Å². The molecule has 0 aromatic heterocycles. The Morgan fingerprint density at radius 1 is 1.30 bits per heavy atom. The van der Waals surface area contributed by atoms with Crippen molar-refractivity contribution in [1.29, 1.82) is 0 Å². The largest absolute Gasteiger partial charge is 0.384 e. The van der Waals surface area contributed by atoms with Gasteiger partial charge in [-0.15, -0.1) is 12.4 Å². The number of benzene rings is 1. The molecule has 1 aliphatic heterocycles. The van der Waals surface area contributed by atoms with Crippen molar-refractivity contribution in [3.8, 4) is 0 Å². The maximum atomic E-state index is 13.0. The molecule has 1 saturated heterocycles. The fourth-order valence-corrected chi connectivity index (χ4v) is 4.78. The number of carbonyl (C=O) groups is 1. The summed E-state index contributed by atoms with van der Waals surface area (Å²) >= 11 is 0. The first kappa shape index (κ1) is 23.8. The minimum atomic E-state index is -3.65. The fraction of sp³-hybridized carbons (Fsp3) is 0.611. The number of carbonyl (C=O) groups excluding carboxylic acids is 1. The van der Waals surface area contributed by atoms with Crippen LogP contribution in [0.15, 0.2) is 29.2 Å². The zero-order chi connectivity index (χ0) is 19.2. The molecule has 0 radical (unpaired) electrons. The minimum absolute atomic E-state index is 0. The van der Waals surface area contributed by atoms with Crippen molar-refractivity contribution < 1.29 is 22.3 Å². The summed E-state index contributed by atoms with van der Waals surface area (Å²) in [7, 11) is -2.01. The lowest BCUT2D eigenvalue weighted by Gasteiger charge is -2.37. The van der Waals surface area contributed by atoms with E-state index in [4.69, 9.17) is 4.74 Å². The zero-order valence-electron chi connectivity index (χ0n) is 15.7. The maximum absolute atomic E-state index is 13.0. The van der Waals surface area contributed by atoms with Crippen LogP contribution in [0, 0.1) is 17.2 Å². The van der Waals surface area contributed by atoms with Crippen LogP contribution in [0.4, 0.5) is 4.39 Å². The van der Waals surface area contributed by atoms with Crippen LogP contribution >= 0.6 is 12.4 Å². The molecule has 1 atom stereocenters. The molecule has 1 fully saturated rings. The van der Waals surface area contributed by atoms with Crippen LogP contribution in [0.1, 0.15) is 19.8 Å². The van der Waals surface area contributed by atoms with Crippen molar-refractivity contribution in [2.75, 3.05) is 39.1 Å². The monoisotopic (exact) mass is 422 g/mol. The molecule has 0 saturated carbocycles. The standard InChI is InChI=1S/C18H27FN2O4S.ClH/c1-14(11-26(23,24)16-5-3-15(19)4-6-16)17(22)21-12-18(13-25-2)7-9-20-10-8-18;/h3-6,14,20H,7-13H2,1-2H3,(H,21,22);1H. The Balaban J connectivity index is 0.00000364. The Kier molecular flexibility index (Phi) is 9.14. The van der Waals surface area contributed by atoms with Gasteiger partial charge >= 0.3 is 0 Å². The van der Waals surface area contributed by atoms with Gasteiger partial charge < -0.3 is 15.4 Å². The van der Waals surface area contributed by atoms with E-state index in [1.807, 2.05) is 0 Å². The van der Waals surface area contributed by atoms with Gasteiger partial charge in [0.2, 0.25) is 5.91 Å². The molecule has 1 aromatic rings. The highest BCUT2D eigenvalue weighted by atomic mass is 35.5. The molecule has 2 N–H and O–H groups in total. The van der Waals surface area contributed by atoms with Crippen LogP contribution in [-0.4, -0.2) is 53.4 Å². The molecule has 9 heteroatoms. The topological polar surface area (TPSA) is 84.5 Å².